The van der Waals surface area contributed by atoms with E-state index in [9.17, 15) is 9.46 Å². The van der Waals surface area contributed by atoms with Gasteiger partial charge in [-0.2, -0.15) is 0 Å². The highest BCUT2D eigenvalue weighted by molar-refractivity contribution is 7.52. The van der Waals surface area contributed by atoms with Crippen molar-refractivity contribution in [3.8, 4) is 0 Å². The number of nitrogens with two attached hydrogens (primary N) is 1. The van der Waals surface area contributed by atoms with Crippen LogP contribution in [0.4, 0.5) is 0 Å². The minimum atomic E-state index is -3.42. The lowest BCUT2D eigenvalue weighted by Gasteiger charge is -2.10. The Morgan fingerprint density at radius 3 is 1.79 bits per heavy atom. The van der Waals surface area contributed by atoms with Crippen molar-refractivity contribution in [2.75, 3.05) is 19.3 Å². The Morgan fingerprint density at radius 2 is 1.29 bits per heavy atom. The monoisotopic (exact) mass is 411 g/mol. The zero-order valence-corrected chi connectivity index (χ0v) is 18.7. The molecule has 1 unspecified atom stereocenters. The summed E-state index contributed by atoms with van der Waals surface area (Å²) in [7, 11) is -3.42. The van der Waals surface area contributed by atoms with Crippen LogP contribution in [0.15, 0.2) is 48.6 Å². The molecule has 28 heavy (non-hydrogen) atoms. The molecule has 0 fully saturated rings. The van der Waals surface area contributed by atoms with Crippen LogP contribution in [0.2, 0.25) is 0 Å². The standard InChI is InChI=1S/C23H42NO3P/c1-2-3-4-5-6-7-8-9-10-11-12-13-14-15-16-17-18-19-22-27-28(25,26)23-20-21-24/h6-7,9-10,12-13,15-16H,2-5,8,11,14,17-24H2,1H3,(H,25,26)/b7-6+,10-9+,13-12+,16-15+. The van der Waals surface area contributed by atoms with Crippen LogP contribution in [0.25, 0.3) is 0 Å². The number of hydrogen-bond donors (Lipinski definition) is 2. The summed E-state index contributed by atoms with van der Waals surface area (Å²) in [6.07, 6.45) is 29.2. The topological polar surface area (TPSA) is 72.5 Å². The van der Waals surface area contributed by atoms with Gasteiger partial charge in [0.2, 0.25) is 0 Å². The van der Waals surface area contributed by atoms with Gasteiger partial charge in [-0.1, -0.05) is 68.4 Å². The summed E-state index contributed by atoms with van der Waals surface area (Å²) >= 11 is 0. The van der Waals surface area contributed by atoms with Crippen molar-refractivity contribution < 1.29 is 14.0 Å². The first-order valence-corrected chi connectivity index (χ1v) is 12.6. The Morgan fingerprint density at radius 1 is 0.786 bits per heavy atom. The van der Waals surface area contributed by atoms with E-state index in [1.165, 1.54) is 25.7 Å². The third-order valence-corrected chi connectivity index (χ3v) is 5.63. The Bertz CT molecular complexity index is 498. The normalized spacial score (nSPS) is 14.8. The van der Waals surface area contributed by atoms with Crippen LogP contribution in [0.3, 0.4) is 0 Å². The molecule has 0 spiro atoms. The summed E-state index contributed by atoms with van der Waals surface area (Å²) in [4.78, 5) is 9.54. The molecule has 0 heterocycles. The van der Waals surface area contributed by atoms with Crippen LogP contribution in [0.5, 0.6) is 0 Å². The molecular formula is C23H42NO3P. The molecule has 1 atom stereocenters. The van der Waals surface area contributed by atoms with Gasteiger partial charge in [-0.25, -0.2) is 0 Å². The first-order valence-electron chi connectivity index (χ1n) is 10.9. The summed E-state index contributed by atoms with van der Waals surface area (Å²) in [6.45, 7) is 2.99. The van der Waals surface area contributed by atoms with Gasteiger partial charge in [-0.05, 0) is 64.3 Å². The van der Waals surface area contributed by atoms with Crippen LogP contribution >= 0.6 is 7.60 Å². The van der Waals surface area contributed by atoms with E-state index in [4.69, 9.17) is 10.3 Å². The molecule has 162 valence electrons. The molecule has 0 amide bonds. The Labute approximate surface area is 173 Å². The molecule has 0 aromatic rings. The lowest BCUT2D eigenvalue weighted by molar-refractivity contribution is 0.253. The summed E-state index contributed by atoms with van der Waals surface area (Å²) in [5.74, 6) is 0. The van der Waals surface area contributed by atoms with Crippen molar-refractivity contribution in [3.63, 3.8) is 0 Å². The van der Waals surface area contributed by atoms with Gasteiger partial charge in [0.15, 0.2) is 0 Å². The number of allylic oxidation sites excluding steroid dienone is 8. The first kappa shape index (κ1) is 27.1. The third-order valence-electron chi connectivity index (χ3n) is 4.16. The third kappa shape index (κ3) is 21.4. The second kappa shape index (κ2) is 20.8. The van der Waals surface area contributed by atoms with Gasteiger partial charge in [-0.3, -0.25) is 4.57 Å². The average molecular weight is 412 g/mol. The highest BCUT2D eigenvalue weighted by Gasteiger charge is 2.17. The average Bonchev–Trinajstić information content (AvgIpc) is 2.68. The molecule has 0 aromatic heterocycles. The zero-order chi connectivity index (χ0) is 20.8. The van der Waals surface area contributed by atoms with Crippen molar-refractivity contribution in [3.05, 3.63) is 48.6 Å². The highest BCUT2D eigenvalue weighted by atomic mass is 31.2. The van der Waals surface area contributed by atoms with E-state index >= 15 is 0 Å². The van der Waals surface area contributed by atoms with Gasteiger partial charge in [0, 0.05) is 0 Å². The largest absolute Gasteiger partial charge is 0.330 e. The minimum absolute atomic E-state index is 0.153. The molecule has 0 aliphatic rings. The maximum atomic E-state index is 11.6. The molecular weight excluding hydrogens is 369 g/mol. The van der Waals surface area contributed by atoms with Crippen LogP contribution in [-0.4, -0.2) is 24.2 Å². The highest BCUT2D eigenvalue weighted by Crippen LogP contribution is 2.42. The molecule has 0 aromatic carbocycles. The maximum Gasteiger partial charge on any atom is 0.328 e. The van der Waals surface area contributed by atoms with Crippen molar-refractivity contribution in [2.24, 2.45) is 5.73 Å². The number of rotatable bonds is 19. The van der Waals surface area contributed by atoms with Gasteiger partial charge >= 0.3 is 7.60 Å². The van der Waals surface area contributed by atoms with Crippen LogP contribution in [-0.2, 0) is 9.09 Å². The molecule has 0 aliphatic carbocycles. The Hall–Kier alpha value is -0.930. The fourth-order valence-corrected chi connectivity index (χ4v) is 3.61. The molecule has 4 nitrogen and oxygen atoms in total. The Kier molecular flexibility index (Phi) is 20.1. The van der Waals surface area contributed by atoms with Crippen molar-refractivity contribution >= 4 is 7.60 Å². The van der Waals surface area contributed by atoms with Crippen LogP contribution in [0, 0.1) is 0 Å². The van der Waals surface area contributed by atoms with Gasteiger partial charge in [0.25, 0.3) is 0 Å². The quantitative estimate of drug-likeness (QED) is 0.141. The fourth-order valence-electron chi connectivity index (χ4n) is 2.49. The van der Waals surface area contributed by atoms with Gasteiger partial charge in [-0.15, -0.1) is 0 Å². The smallest absolute Gasteiger partial charge is 0.328 e. The fraction of sp³-hybridized carbons (Fsp3) is 0.652. The van der Waals surface area contributed by atoms with E-state index in [0.29, 0.717) is 19.6 Å². The predicted molar refractivity (Wildman–Crippen MR) is 123 cm³/mol. The van der Waals surface area contributed by atoms with Gasteiger partial charge in [0.1, 0.15) is 0 Å². The molecule has 0 aliphatic heterocycles. The second-order valence-corrected chi connectivity index (χ2v) is 8.90. The SMILES string of the molecule is CCCCC/C=C/C/C=C/C/C=C/C/C=C/CCCCOP(=O)(O)CCCN. The summed E-state index contributed by atoms with van der Waals surface area (Å²) in [5, 5.41) is 0. The number of hydrogen-bond acceptors (Lipinski definition) is 3. The van der Waals surface area contributed by atoms with E-state index in [2.05, 4.69) is 55.5 Å². The lowest BCUT2D eigenvalue weighted by Crippen LogP contribution is -2.04. The molecule has 3 N–H and O–H groups in total. The number of unbranched alkanes of at least 4 members (excludes halogenated alkanes) is 5. The minimum Gasteiger partial charge on any atom is -0.330 e. The van der Waals surface area contributed by atoms with Crippen molar-refractivity contribution in [1.29, 1.82) is 0 Å². The molecule has 0 saturated heterocycles. The molecule has 0 saturated carbocycles. The van der Waals surface area contributed by atoms with E-state index in [0.717, 1.165) is 38.5 Å². The van der Waals surface area contributed by atoms with Crippen molar-refractivity contribution in [1.82, 2.24) is 0 Å². The van der Waals surface area contributed by atoms with E-state index in [-0.39, 0.29) is 6.16 Å². The zero-order valence-electron chi connectivity index (χ0n) is 17.8. The summed E-state index contributed by atoms with van der Waals surface area (Å²) in [5.41, 5.74) is 5.33. The lowest BCUT2D eigenvalue weighted by atomic mass is 10.2. The molecule has 5 heteroatoms. The summed E-state index contributed by atoms with van der Waals surface area (Å²) < 4.78 is 16.7. The van der Waals surface area contributed by atoms with Crippen molar-refractivity contribution in [2.45, 2.75) is 77.6 Å². The van der Waals surface area contributed by atoms with E-state index in [1.54, 1.807) is 0 Å². The molecule has 0 bridgehead atoms. The molecule has 0 radical (unpaired) electrons. The first-order chi connectivity index (χ1) is 13.6. The maximum absolute atomic E-state index is 11.6. The molecule has 0 rings (SSSR count). The van der Waals surface area contributed by atoms with Gasteiger partial charge in [0.05, 0.1) is 12.8 Å². The van der Waals surface area contributed by atoms with Gasteiger partial charge < -0.3 is 15.2 Å². The van der Waals surface area contributed by atoms with Crippen LogP contribution < -0.4 is 5.73 Å². The summed E-state index contributed by atoms with van der Waals surface area (Å²) in [6, 6.07) is 0. The van der Waals surface area contributed by atoms with Crippen LogP contribution in [0.1, 0.15) is 77.6 Å². The Balaban J connectivity index is 3.49. The second-order valence-electron chi connectivity index (χ2n) is 6.92. The van der Waals surface area contributed by atoms with E-state index in [1.807, 2.05) is 0 Å². The van der Waals surface area contributed by atoms with E-state index < -0.39 is 7.60 Å². The predicted octanol–water partition coefficient (Wildman–Crippen LogP) is 6.68.